The standard InChI is InChI=1S/C6H11N5O2S/c1-11(4-6(7)8)14(12,13)5-2-9-10-3-5/h2-3H,4H2,1H3,(H3,7,8)(H,9,10). The van der Waals surface area contributed by atoms with Gasteiger partial charge in [-0.05, 0) is 0 Å². The second kappa shape index (κ2) is 3.76. The molecule has 1 aromatic rings. The van der Waals surface area contributed by atoms with E-state index in [0.29, 0.717) is 0 Å². The molecule has 0 aromatic carbocycles. The van der Waals surface area contributed by atoms with Crippen LogP contribution in [-0.4, -0.2) is 42.3 Å². The zero-order valence-corrected chi connectivity index (χ0v) is 8.37. The first-order valence-corrected chi connectivity index (χ1v) is 5.16. The molecule has 0 amide bonds. The van der Waals surface area contributed by atoms with Crippen molar-refractivity contribution in [2.45, 2.75) is 4.90 Å². The summed E-state index contributed by atoms with van der Waals surface area (Å²) in [6, 6.07) is 0. The second-order valence-corrected chi connectivity index (χ2v) is 4.77. The van der Waals surface area contributed by atoms with Crippen molar-refractivity contribution < 1.29 is 8.42 Å². The molecular formula is C6H11N5O2S. The van der Waals surface area contributed by atoms with Gasteiger partial charge in [0.2, 0.25) is 10.0 Å². The first-order chi connectivity index (χ1) is 6.44. The molecule has 78 valence electrons. The van der Waals surface area contributed by atoms with Crippen molar-refractivity contribution in [3.8, 4) is 0 Å². The average Bonchev–Trinajstić information content (AvgIpc) is 2.54. The molecule has 0 radical (unpaired) electrons. The Morgan fingerprint density at radius 3 is 2.86 bits per heavy atom. The van der Waals surface area contributed by atoms with Crippen LogP contribution in [0.5, 0.6) is 0 Å². The van der Waals surface area contributed by atoms with Crippen LogP contribution in [0.4, 0.5) is 0 Å². The summed E-state index contributed by atoms with van der Waals surface area (Å²) in [6.07, 6.45) is 2.47. The third-order valence-corrected chi connectivity index (χ3v) is 3.34. The SMILES string of the molecule is CN(CC(=N)N)S(=O)(=O)c1cn[nH]c1. The highest BCUT2D eigenvalue weighted by Gasteiger charge is 2.21. The van der Waals surface area contributed by atoms with Crippen molar-refractivity contribution in [2.24, 2.45) is 5.73 Å². The Kier molecular flexibility index (Phi) is 2.87. The van der Waals surface area contributed by atoms with Crippen LogP contribution in [0.1, 0.15) is 0 Å². The van der Waals surface area contributed by atoms with Gasteiger partial charge in [-0.1, -0.05) is 0 Å². The maximum absolute atomic E-state index is 11.6. The summed E-state index contributed by atoms with van der Waals surface area (Å²) in [6.45, 7) is -0.131. The molecule has 0 aliphatic heterocycles. The lowest BCUT2D eigenvalue weighted by Crippen LogP contribution is -2.34. The van der Waals surface area contributed by atoms with Crippen LogP contribution >= 0.6 is 0 Å². The van der Waals surface area contributed by atoms with Gasteiger partial charge in [-0.25, -0.2) is 8.42 Å². The quantitative estimate of drug-likeness (QED) is 0.441. The van der Waals surface area contributed by atoms with Gasteiger partial charge in [0.05, 0.1) is 12.7 Å². The molecule has 0 saturated carbocycles. The van der Waals surface area contributed by atoms with E-state index in [1.807, 2.05) is 0 Å². The minimum absolute atomic E-state index is 0.0567. The highest BCUT2D eigenvalue weighted by atomic mass is 32.2. The summed E-state index contributed by atoms with van der Waals surface area (Å²) in [7, 11) is -2.22. The molecule has 1 rings (SSSR count). The smallest absolute Gasteiger partial charge is 0.246 e. The summed E-state index contributed by atoms with van der Waals surface area (Å²) in [4.78, 5) is 0.0567. The summed E-state index contributed by atoms with van der Waals surface area (Å²) in [5.74, 6) is -0.209. The number of likely N-dealkylation sites (N-methyl/N-ethyl adjacent to an activating group) is 1. The lowest BCUT2D eigenvalue weighted by atomic mass is 10.6. The van der Waals surface area contributed by atoms with E-state index >= 15 is 0 Å². The van der Waals surface area contributed by atoms with E-state index < -0.39 is 10.0 Å². The maximum atomic E-state index is 11.6. The zero-order valence-electron chi connectivity index (χ0n) is 7.56. The van der Waals surface area contributed by atoms with Crippen molar-refractivity contribution >= 4 is 15.9 Å². The third kappa shape index (κ3) is 2.09. The van der Waals surface area contributed by atoms with Crippen LogP contribution in [0, 0.1) is 5.41 Å². The summed E-state index contributed by atoms with van der Waals surface area (Å²) in [5.41, 5.74) is 5.10. The number of H-pyrrole nitrogens is 1. The Labute approximate surface area is 81.5 Å². The molecule has 0 aliphatic rings. The highest BCUT2D eigenvalue weighted by Crippen LogP contribution is 2.10. The van der Waals surface area contributed by atoms with Gasteiger partial charge >= 0.3 is 0 Å². The maximum Gasteiger partial charge on any atom is 0.246 e. The fraction of sp³-hybridized carbons (Fsp3) is 0.333. The Morgan fingerprint density at radius 1 is 1.79 bits per heavy atom. The van der Waals surface area contributed by atoms with Gasteiger partial charge < -0.3 is 5.73 Å². The molecule has 14 heavy (non-hydrogen) atoms. The van der Waals surface area contributed by atoms with Crippen LogP contribution in [0.2, 0.25) is 0 Å². The van der Waals surface area contributed by atoms with Crippen molar-refractivity contribution in [3.63, 3.8) is 0 Å². The molecule has 0 spiro atoms. The molecule has 8 heteroatoms. The highest BCUT2D eigenvalue weighted by molar-refractivity contribution is 7.89. The number of amidine groups is 1. The van der Waals surface area contributed by atoms with E-state index in [1.54, 1.807) is 0 Å². The van der Waals surface area contributed by atoms with Gasteiger partial charge in [0.25, 0.3) is 0 Å². The predicted molar refractivity (Wildman–Crippen MR) is 50.3 cm³/mol. The summed E-state index contributed by atoms with van der Waals surface area (Å²) >= 11 is 0. The number of nitrogens with zero attached hydrogens (tertiary/aromatic N) is 2. The Morgan fingerprint density at radius 2 is 2.43 bits per heavy atom. The number of hydrogen-bond acceptors (Lipinski definition) is 4. The Bertz CT molecular complexity index is 409. The minimum Gasteiger partial charge on any atom is -0.387 e. The molecule has 4 N–H and O–H groups in total. The van der Waals surface area contributed by atoms with Gasteiger partial charge in [-0.2, -0.15) is 9.40 Å². The molecule has 1 heterocycles. The molecule has 0 saturated heterocycles. The lowest BCUT2D eigenvalue weighted by molar-refractivity contribution is 0.504. The third-order valence-electron chi connectivity index (χ3n) is 1.57. The Hall–Kier alpha value is -1.41. The van der Waals surface area contributed by atoms with E-state index in [1.165, 1.54) is 19.4 Å². The van der Waals surface area contributed by atoms with Crippen LogP contribution in [0.3, 0.4) is 0 Å². The normalized spacial score (nSPS) is 11.9. The fourth-order valence-electron chi connectivity index (χ4n) is 0.885. The average molecular weight is 217 g/mol. The van der Waals surface area contributed by atoms with Gasteiger partial charge in [-0.3, -0.25) is 10.5 Å². The second-order valence-electron chi connectivity index (χ2n) is 2.72. The molecule has 0 fully saturated rings. The summed E-state index contributed by atoms with van der Waals surface area (Å²) < 4.78 is 24.3. The Balaban J connectivity index is 2.92. The lowest BCUT2D eigenvalue weighted by Gasteiger charge is -2.14. The molecule has 0 aliphatic carbocycles. The number of aromatic amines is 1. The van der Waals surface area contributed by atoms with E-state index in [4.69, 9.17) is 11.1 Å². The molecular weight excluding hydrogens is 206 g/mol. The number of hydrogen-bond donors (Lipinski definition) is 3. The van der Waals surface area contributed by atoms with Crippen molar-refractivity contribution in [1.29, 1.82) is 5.41 Å². The van der Waals surface area contributed by atoms with Crippen LogP contribution < -0.4 is 5.73 Å². The first-order valence-electron chi connectivity index (χ1n) is 3.72. The largest absolute Gasteiger partial charge is 0.387 e. The van der Waals surface area contributed by atoms with Gasteiger partial charge in [0, 0.05) is 13.2 Å². The van der Waals surface area contributed by atoms with E-state index in [0.717, 1.165) is 4.31 Å². The molecule has 7 nitrogen and oxygen atoms in total. The molecule has 1 aromatic heterocycles. The molecule has 0 unspecified atom stereocenters. The molecule has 0 bridgehead atoms. The number of sulfonamides is 1. The van der Waals surface area contributed by atoms with Gasteiger partial charge in [-0.15, -0.1) is 0 Å². The number of nitrogens with two attached hydrogens (primary N) is 1. The van der Waals surface area contributed by atoms with E-state index in [2.05, 4.69) is 10.2 Å². The van der Waals surface area contributed by atoms with Crippen LogP contribution in [0.15, 0.2) is 17.3 Å². The topological polar surface area (TPSA) is 116 Å². The zero-order chi connectivity index (χ0) is 10.8. The predicted octanol–water partition coefficient (Wildman–Crippen LogP) is -1.03. The summed E-state index contributed by atoms with van der Waals surface area (Å²) in [5, 5.41) is 12.9. The van der Waals surface area contributed by atoms with Crippen molar-refractivity contribution in [2.75, 3.05) is 13.6 Å². The fourth-order valence-corrected chi connectivity index (χ4v) is 1.94. The van der Waals surface area contributed by atoms with Crippen molar-refractivity contribution in [1.82, 2.24) is 14.5 Å². The van der Waals surface area contributed by atoms with Gasteiger partial charge in [0.1, 0.15) is 10.7 Å². The monoisotopic (exact) mass is 217 g/mol. The molecule has 0 atom stereocenters. The number of rotatable bonds is 4. The van der Waals surface area contributed by atoms with Gasteiger partial charge in [0.15, 0.2) is 0 Å². The van der Waals surface area contributed by atoms with E-state index in [9.17, 15) is 8.42 Å². The first kappa shape index (κ1) is 10.7. The number of nitrogens with one attached hydrogen (secondary N) is 2. The minimum atomic E-state index is -3.57. The van der Waals surface area contributed by atoms with Crippen LogP contribution in [-0.2, 0) is 10.0 Å². The van der Waals surface area contributed by atoms with E-state index in [-0.39, 0.29) is 17.3 Å². The van der Waals surface area contributed by atoms with Crippen LogP contribution in [0.25, 0.3) is 0 Å². The van der Waals surface area contributed by atoms with Crippen molar-refractivity contribution in [3.05, 3.63) is 12.4 Å². The number of aromatic nitrogens is 2.